The van der Waals surface area contributed by atoms with Crippen molar-refractivity contribution in [3.05, 3.63) is 52.3 Å². The molecule has 0 aliphatic heterocycles. The van der Waals surface area contributed by atoms with E-state index in [4.69, 9.17) is 0 Å². The van der Waals surface area contributed by atoms with Crippen LogP contribution in [0, 0.1) is 13.8 Å². The van der Waals surface area contributed by atoms with Crippen LogP contribution in [0.4, 0.5) is 13.2 Å². The molecule has 0 aliphatic rings. The summed E-state index contributed by atoms with van der Waals surface area (Å²) in [5.74, 6) is 0.689. The van der Waals surface area contributed by atoms with Crippen molar-refractivity contribution in [3.63, 3.8) is 0 Å². The predicted octanol–water partition coefficient (Wildman–Crippen LogP) is 3.31. The lowest BCUT2D eigenvalue weighted by atomic mass is 10.1. The van der Waals surface area contributed by atoms with Gasteiger partial charge in [-0.3, -0.25) is 9.67 Å². The van der Waals surface area contributed by atoms with Gasteiger partial charge in [0.2, 0.25) is 0 Å². The van der Waals surface area contributed by atoms with Gasteiger partial charge in [-0.2, -0.15) is 18.3 Å². The van der Waals surface area contributed by atoms with Crippen LogP contribution in [0.2, 0.25) is 0 Å². The van der Waals surface area contributed by atoms with Crippen LogP contribution in [0.1, 0.15) is 28.1 Å². The highest BCUT2D eigenvalue weighted by Crippen LogP contribution is 2.29. The number of nitrogens with one attached hydrogen (secondary N) is 1. The van der Waals surface area contributed by atoms with Crippen LogP contribution in [0.5, 0.6) is 0 Å². The van der Waals surface area contributed by atoms with Crippen LogP contribution < -0.4 is 5.32 Å². The Bertz CT molecular complexity index is 791. The van der Waals surface area contributed by atoms with Crippen LogP contribution >= 0.6 is 0 Å². The summed E-state index contributed by atoms with van der Waals surface area (Å²) in [5.41, 5.74) is 3.52. The fourth-order valence-electron chi connectivity index (χ4n) is 3.01. The molecule has 0 saturated carbocycles. The van der Waals surface area contributed by atoms with Gasteiger partial charge in [0.15, 0.2) is 5.96 Å². The molecule has 148 valence electrons. The van der Waals surface area contributed by atoms with E-state index in [2.05, 4.69) is 15.4 Å². The summed E-state index contributed by atoms with van der Waals surface area (Å²) in [6, 6.07) is 5.20. The fraction of sp³-hybridized carbons (Fsp3) is 0.474. The normalized spacial score (nSPS) is 12.4. The van der Waals surface area contributed by atoms with Crippen LogP contribution in [0.3, 0.4) is 0 Å². The second-order valence-corrected chi connectivity index (χ2v) is 6.55. The van der Waals surface area contributed by atoms with Crippen molar-refractivity contribution in [2.45, 2.75) is 33.0 Å². The van der Waals surface area contributed by atoms with Crippen molar-refractivity contribution in [3.8, 4) is 0 Å². The molecule has 27 heavy (non-hydrogen) atoms. The molecule has 1 N–H and O–H groups in total. The number of alkyl halides is 3. The molecule has 0 unspecified atom stereocenters. The lowest BCUT2D eigenvalue weighted by Gasteiger charge is -2.22. The lowest BCUT2D eigenvalue weighted by Crippen LogP contribution is -2.39. The van der Waals surface area contributed by atoms with Crippen LogP contribution in [-0.2, 0) is 26.2 Å². The van der Waals surface area contributed by atoms with Crippen molar-refractivity contribution < 1.29 is 13.2 Å². The molecule has 2 rings (SSSR count). The minimum atomic E-state index is -4.31. The number of guanidine groups is 1. The Kier molecular flexibility index (Phi) is 6.51. The van der Waals surface area contributed by atoms with Gasteiger partial charge in [0.25, 0.3) is 0 Å². The van der Waals surface area contributed by atoms with Gasteiger partial charge < -0.3 is 10.2 Å². The summed E-state index contributed by atoms with van der Waals surface area (Å²) >= 11 is 0. The van der Waals surface area contributed by atoms with Crippen molar-refractivity contribution in [2.75, 3.05) is 20.6 Å². The quantitative estimate of drug-likeness (QED) is 0.639. The van der Waals surface area contributed by atoms with Gasteiger partial charge in [-0.1, -0.05) is 12.1 Å². The first-order chi connectivity index (χ1) is 12.6. The third kappa shape index (κ3) is 5.24. The van der Waals surface area contributed by atoms with E-state index in [1.165, 1.54) is 17.7 Å². The zero-order chi connectivity index (χ0) is 20.2. The Labute approximate surface area is 157 Å². The highest BCUT2D eigenvalue weighted by Gasteiger charge is 2.29. The summed E-state index contributed by atoms with van der Waals surface area (Å²) in [6.07, 6.45) is -3.50. The van der Waals surface area contributed by atoms with E-state index in [9.17, 15) is 13.2 Å². The summed E-state index contributed by atoms with van der Waals surface area (Å²) < 4.78 is 39.8. The number of nitrogens with zero attached hydrogens (tertiary/aromatic N) is 4. The number of aromatic nitrogens is 2. The lowest BCUT2D eigenvalue weighted by molar-refractivity contribution is -0.137. The molecule has 0 spiro atoms. The largest absolute Gasteiger partial charge is 0.416 e. The number of hydrogen-bond donors (Lipinski definition) is 1. The van der Waals surface area contributed by atoms with Crippen LogP contribution in [0.25, 0.3) is 0 Å². The maximum atomic E-state index is 12.7. The van der Waals surface area contributed by atoms with E-state index in [1.54, 1.807) is 7.05 Å². The van der Waals surface area contributed by atoms with Gasteiger partial charge in [0, 0.05) is 39.9 Å². The number of benzene rings is 1. The average molecular weight is 381 g/mol. The summed E-state index contributed by atoms with van der Waals surface area (Å²) in [5, 5.41) is 7.71. The van der Waals surface area contributed by atoms with Gasteiger partial charge in [0.05, 0.1) is 11.3 Å². The maximum absolute atomic E-state index is 12.7. The molecule has 1 aromatic heterocycles. The molecule has 0 aliphatic carbocycles. The molecule has 8 heteroatoms. The molecule has 0 radical (unpaired) electrons. The van der Waals surface area contributed by atoms with Crippen LogP contribution in [-0.4, -0.2) is 41.3 Å². The van der Waals surface area contributed by atoms with Crippen molar-refractivity contribution >= 4 is 5.96 Å². The highest BCUT2D eigenvalue weighted by atomic mass is 19.4. The minimum absolute atomic E-state index is 0.461. The number of aryl methyl sites for hydroxylation is 2. The van der Waals surface area contributed by atoms with Crippen molar-refractivity contribution in [1.82, 2.24) is 20.0 Å². The van der Waals surface area contributed by atoms with Gasteiger partial charge in [0.1, 0.15) is 0 Å². The third-order valence-electron chi connectivity index (χ3n) is 4.59. The van der Waals surface area contributed by atoms with Gasteiger partial charge in [-0.15, -0.1) is 0 Å². The zero-order valence-corrected chi connectivity index (χ0v) is 16.4. The number of hydrogen-bond acceptors (Lipinski definition) is 2. The molecule has 0 bridgehead atoms. The molecule has 0 fully saturated rings. The van der Waals surface area contributed by atoms with E-state index in [0.29, 0.717) is 19.0 Å². The van der Waals surface area contributed by atoms with E-state index >= 15 is 0 Å². The average Bonchev–Trinajstić information content (AvgIpc) is 2.84. The SMILES string of the molecule is CN=C(NCCc1c(C)nn(C)c1C)N(C)Cc1ccc(C(F)(F)F)cc1. The highest BCUT2D eigenvalue weighted by molar-refractivity contribution is 5.79. The smallest absolute Gasteiger partial charge is 0.356 e. The first kappa shape index (κ1) is 20.8. The Hall–Kier alpha value is -2.51. The molecule has 2 aromatic rings. The number of rotatable bonds is 5. The standard InChI is InChI=1S/C19H26F3N5/c1-13-17(14(2)27(5)25-13)10-11-24-18(23-3)26(4)12-15-6-8-16(9-7-15)19(20,21)22/h6-9H,10-12H2,1-5H3,(H,23,24). The van der Waals surface area contributed by atoms with Crippen molar-refractivity contribution in [1.29, 1.82) is 0 Å². The molecule has 1 heterocycles. The van der Waals surface area contributed by atoms with Crippen LogP contribution in [0.15, 0.2) is 29.3 Å². The van der Waals surface area contributed by atoms with Gasteiger partial charge in [-0.05, 0) is 43.5 Å². The third-order valence-corrected chi connectivity index (χ3v) is 4.59. The first-order valence-corrected chi connectivity index (χ1v) is 8.70. The molecular weight excluding hydrogens is 355 g/mol. The second kappa shape index (κ2) is 8.45. The number of halogens is 3. The summed E-state index contributed by atoms with van der Waals surface area (Å²) in [7, 11) is 5.47. The van der Waals surface area contributed by atoms with Gasteiger partial charge >= 0.3 is 6.18 Å². The van der Waals surface area contributed by atoms with E-state index in [0.717, 1.165) is 35.5 Å². The topological polar surface area (TPSA) is 45.5 Å². The molecular formula is C19H26F3N5. The fourth-order valence-corrected chi connectivity index (χ4v) is 3.01. The monoisotopic (exact) mass is 381 g/mol. The second-order valence-electron chi connectivity index (χ2n) is 6.55. The Balaban J connectivity index is 1.93. The Morgan fingerprint density at radius 2 is 1.85 bits per heavy atom. The minimum Gasteiger partial charge on any atom is -0.356 e. The summed E-state index contributed by atoms with van der Waals surface area (Å²) in [6.45, 7) is 5.19. The number of aliphatic imine (C=N–C) groups is 1. The van der Waals surface area contributed by atoms with E-state index < -0.39 is 11.7 Å². The Morgan fingerprint density at radius 3 is 2.33 bits per heavy atom. The molecule has 1 aromatic carbocycles. The Morgan fingerprint density at radius 1 is 1.22 bits per heavy atom. The first-order valence-electron chi connectivity index (χ1n) is 8.70. The van der Waals surface area contributed by atoms with Gasteiger partial charge in [-0.25, -0.2) is 0 Å². The zero-order valence-electron chi connectivity index (χ0n) is 16.4. The predicted molar refractivity (Wildman–Crippen MR) is 101 cm³/mol. The molecule has 5 nitrogen and oxygen atoms in total. The molecule has 0 saturated heterocycles. The molecule has 0 atom stereocenters. The maximum Gasteiger partial charge on any atom is 0.416 e. The summed E-state index contributed by atoms with van der Waals surface area (Å²) in [4.78, 5) is 6.13. The molecule has 0 amide bonds. The van der Waals surface area contributed by atoms with E-state index in [-0.39, 0.29) is 0 Å². The van der Waals surface area contributed by atoms with E-state index in [1.807, 2.05) is 37.5 Å². The van der Waals surface area contributed by atoms with Crippen molar-refractivity contribution in [2.24, 2.45) is 12.0 Å².